The minimum atomic E-state index is -4.43. The zero-order chi connectivity index (χ0) is 16.4. The Morgan fingerprint density at radius 3 is 2.26 bits per heavy atom. The number of halogens is 3. The summed E-state index contributed by atoms with van der Waals surface area (Å²) in [5, 5.41) is 4.69. The Hall–Kier alpha value is -2.53. The lowest BCUT2D eigenvalue weighted by atomic mass is 10.0. The minimum absolute atomic E-state index is 0.0274. The first kappa shape index (κ1) is 15.4. The lowest BCUT2D eigenvalue weighted by Gasteiger charge is -2.20. The molecular formula is C18H15F3N2. The summed E-state index contributed by atoms with van der Waals surface area (Å²) in [5.41, 5.74) is 6.12. The zero-order valence-electron chi connectivity index (χ0n) is 12.1. The van der Waals surface area contributed by atoms with Gasteiger partial charge in [0.05, 0.1) is 5.56 Å². The van der Waals surface area contributed by atoms with Crippen molar-refractivity contribution in [2.75, 3.05) is 5.32 Å². The normalized spacial score (nSPS) is 13.0. The van der Waals surface area contributed by atoms with Gasteiger partial charge in [0.25, 0.3) is 0 Å². The molecule has 118 valence electrons. The third-order valence-electron chi connectivity index (χ3n) is 3.70. The van der Waals surface area contributed by atoms with Crippen LogP contribution in [0.2, 0.25) is 0 Å². The second kappa shape index (κ2) is 5.93. The van der Waals surface area contributed by atoms with Crippen molar-refractivity contribution in [3.8, 4) is 0 Å². The molecule has 23 heavy (non-hydrogen) atoms. The van der Waals surface area contributed by atoms with Crippen molar-refractivity contribution in [1.29, 1.82) is 0 Å². The molecule has 0 radical (unpaired) electrons. The maximum atomic E-state index is 13.1. The van der Waals surface area contributed by atoms with Gasteiger partial charge in [-0.2, -0.15) is 13.2 Å². The molecule has 0 saturated carbocycles. The molecule has 0 bridgehead atoms. The summed E-state index contributed by atoms with van der Waals surface area (Å²) in [5.74, 6) is 0. The molecule has 0 aliphatic rings. The molecule has 0 fully saturated rings. The van der Waals surface area contributed by atoms with Crippen molar-refractivity contribution in [2.45, 2.75) is 12.3 Å². The van der Waals surface area contributed by atoms with Crippen molar-refractivity contribution in [3.63, 3.8) is 0 Å². The van der Waals surface area contributed by atoms with Gasteiger partial charge in [-0.15, -0.1) is 0 Å². The highest BCUT2D eigenvalue weighted by Gasteiger charge is 2.33. The highest BCUT2D eigenvalue weighted by molar-refractivity contribution is 5.86. The van der Waals surface area contributed by atoms with Crippen LogP contribution >= 0.6 is 0 Å². The molecule has 0 saturated heterocycles. The average molecular weight is 316 g/mol. The van der Waals surface area contributed by atoms with E-state index in [0.29, 0.717) is 0 Å². The van der Waals surface area contributed by atoms with Gasteiger partial charge in [-0.05, 0) is 28.5 Å². The van der Waals surface area contributed by atoms with Crippen molar-refractivity contribution < 1.29 is 13.2 Å². The summed E-state index contributed by atoms with van der Waals surface area (Å²) in [6, 6.07) is 18.6. The van der Waals surface area contributed by atoms with Gasteiger partial charge in [0.15, 0.2) is 0 Å². The fraction of sp³-hybridized carbons (Fsp3) is 0.111. The molecule has 3 N–H and O–H groups in total. The van der Waals surface area contributed by atoms with Crippen LogP contribution in [0.15, 0.2) is 66.7 Å². The Labute approximate surface area is 131 Å². The molecule has 5 heteroatoms. The first-order chi connectivity index (χ1) is 11.0. The van der Waals surface area contributed by atoms with E-state index in [1.807, 2.05) is 42.5 Å². The molecule has 1 atom stereocenters. The van der Waals surface area contributed by atoms with E-state index in [0.717, 1.165) is 22.4 Å². The Kier molecular flexibility index (Phi) is 3.96. The number of hydrogen-bond donors (Lipinski definition) is 2. The molecule has 1 unspecified atom stereocenters. The van der Waals surface area contributed by atoms with Crippen LogP contribution in [0.25, 0.3) is 10.8 Å². The van der Waals surface area contributed by atoms with Crippen LogP contribution in [0.1, 0.15) is 17.3 Å². The number of alkyl halides is 3. The van der Waals surface area contributed by atoms with Gasteiger partial charge in [-0.3, -0.25) is 0 Å². The van der Waals surface area contributed by atoms with Gasteiger partial charge in [0, 0.05) is 5.69 Å². The summed E-state index contributed by atoms with van der Waals surface area (Å²) < 4.78 is 39.2. The molecule has 0 heterocycles. The number of anilines is 1. The van der Waals surface area contributed by atoms with E-state index in [1.54, 1.807) is 6.07 Å². The number of hydrogen-bond acceptors (Lipinski definition) is 2. The fourth-order valence-corrected chi connectivity index (χ4v) is 2.62. The number of nitrogens with two attached hydrogens (primary N) is 1. The summed E-state index contributed by atoms with van der Waals surface area (Å²) in [6.45, 7) is 0. The predicted octanol–water partition coefficient (Wildman–Crippen LogP) is 4.93. The predicted molar refractivity (Wildman–Crippen MR) is 85.9 cm³/mol. The SMILES string of the molecule is NC(Nc1ccccc1C(F)(F)F)c1cccc2ccccc12. The van der Waals surface area contributed by atoms with Gasteiger partial charge >= 0.3 is 6.18 Å². The molecule has 0 aromatic heterocycles. The highest BCUT2D eigenvalue weighted by atomic mass is 19.4. The second-order valence-corrected chi connectivity index (χ2v) is 5.23. The first-order valence-electron chi connectivity index (χ1n) is 7.13. The number of nitrogens with one attached hydrogen (secondary N) is 1. The summed E-state index contributed by atoms with van der Waals surface area (Å²) >= 11 is 0. The van der Waals surface area contributed by atoms with Crippen LogP contribution in [0, 0.1) is 0 Å². The lowest BCUT2D eigenvalue weighted by molar-refractivity contribution is -0.137. The van der Waals surface area contributed by atoms with E-state index in [1.165, 1.54) is 12.1 Å². The largest absolute Gasteiger partial charge is 0.418 e. The number of benzene rings is 3. The number of fused-ring (bicyclic) bond motifs is 1. The molecular weight excluding hydrogens is 301 g/mol. The van der Waals surface area contributed by atoms with Crippen LogP contribution in [0.3, 0.4) is 0 Å². The molecule has 0 aliphatic carbocycles. The van der Waals surface area contributed by atoms with E-state index in [2.05, 4.69) is 5.32 Å². The van der Waals surface area contributed by atoms with Crippen molar-refractivity contribution >= 4 is 16.5 Å². The van der Waals surface area contributed by atoms with Crippen LogP contribution < -0.4 is 11.1 Å². The quantitative estimate of drug-likeness (QED) is 0.673. The highest BCUT2D eigenvalue weighted by Crippen LogP contribution is 2.36. The Morgan fingerprint density at radius 1 is 0.826 bits per heavy atom. The van der Waals surface area contributed by atoms with E-state index >= 15 is 0 Å². The molecule has 3 rings (SSSR count). The standard InChI is InChI=1S/C18H15F3N2/c19-18(20,21)15-10-3-4-11-16(15)23-17(22)14-9-5-7-12-6-1-2-8-13(12)14/h1-11,17,23H,22H2. The number of para-hydroxylation sites is 1. The van der Waals surface area contributed by atoms with Crippen molar-refractivity contribution in [1.82, 2.24) is 0 Å². The average Bonchev–Trinajstić information content (AvgIpc) is 2.54. The van der Waals surface area contributed by atoms with Gasteiger partial charge in [-0.1, -0.05) is 54.6 Å². The minimum Gasteiger partial charge on any atom is -0.366 e. The van der Waals surface area contributed by atoms with E-state index in [-0.39, 0.29) is 5.69 Å². The van der Waals surface area contributed by atoms with Crippen LogP contribution in [-0.2, 0) is 6.18 Å². The lowest BCUT2D eigenvalue weighted by Crippen LogP contribution is -2.22. The maximum absolute atomic E-state index is 13.1. The molecule has 0 spiro atoms. The topological polar surface area (TPSA) is 38.0 Å². The van der Waals surface area contributed by atoms with Gasteiger partial charge in [0.2, 0.25) is 0 Å². The zero-order valence-corrected chi connectivity index (χ0v) is 12.1. The summed E-state index contributed by atoms with van der Waals surface area (Å²) in [6.07, 6.45) is -5.17. The smallest absolute Gasteiger partial charge is 0.366 e. The van der Waals surface area contributed by atoms with Crippen LogP contribution in [0.4, 0.5) is 18.9 Å². The molecule has 2 nitrogen and oxygen atoms in total. The van der Waals surface area contributed by atoms with E-state index in [4.69, 9.17) is 5.73 Å². The number of rotatable bonds is 3. The van der Waals surface area contributed by atoms with Crippen molar-refractivity contribution in [3.05, 3.63) is 77.9 Å². The van der Waals surface area contributed by atoms with Crippen molar-refractivity contribution in [2.24, 2.45) is 5.73 Å². The summed E-state index contributed by atoms with van der Waals surface area (Å²) in [4.78, 5) is 0. The second-order valence-electron chi connectivity index (χ2n) is 5.23. The molecule has 3 aromatic carbocycles. The van der Waals surface area contributed by atoms with Gasteiger partial charge < -0.3 is 11.1 Å². The maximum Gasteiger partial charge on any atom is 0.418 e. The molecule has 3 aromatic rings. The van der Waals surface area contributed by atoms with Gasteiger partial charge in [-0.25, -0.2) is 0 Å². The Bertz CT molecular complexity index is 822. The molecule has 0 amide bonds. The Morgan fingerprint density at radius 2 is 1.48 bits per heavy atom. The monoisotopic (exact) mass is 316 g/mol. The fourth-order valence-electron chi connectivity index (χ4n) is 2.62. The Balaban J connectivity index is 1.98. The van der Waals surface area contributed by atoms with E-state index < -0.39 is 17.9 Å². The van der Waals surface area contributed by atoms with E-state index in [9.17, 15) is 13.2 Å². The third kappa shape index (κ3) is 3.14. The molecule has 0 aliphatic heterocycles. The van der Waals surface area contributed by atoms with Crippen LogP contribution in [0.5, 0.6) is 0 Å². The van der Waals surface area contributed by atoms with Crippen LogP contribution in [-0.4, -0.2) is 0 Å². The summed E-state index contributed by atoms with van der Waals surface area (Å²) in [7, 11) is 0. The first-order valence-corrected chi connectivity index (χ1v) is 7.13. The third-order valence-corrected chi connectivity index (χ3v) is 3.70. The van der Waals surface area contributed by atoms with Gasteiger partial charge in [0.1, 0.15) is 6.17 Å².